The van der Waals surface area contributed by atoms with Crippen LogP contribution in [0.15, 0.2) is 30.3 Å². The first-order valence-electron chi connectivity index (χ1n) is 6.64. The van der Waals surface area contributed by atoms with Gasteiger partial charge in [0.25, 0.3) is 0 Å². The summed E-state index contributed by atoms with van der Waals surface area (Å²) in [5.41, 5.74) is 6.77. The standard InChI is InChI=1S/C15H20N2O2.ClH/c1-2-19-14-6-3-12(4-7-14)5-8-15(18)17-10-9-13(16)11-17;/h3-8,13H,2,9-11,16H2,1H3;1H/b8-5+;. The molecule has 0 spiro atoms. The summed E-state index contributed by atoms with van der Waals surface area (Å²) in [6, 6.07) is 7.80. The van der Waals surface area contributed by atoms with Gasteiger partial charge in [-0.15, -0.1) is 12.4 Å². The number of carbonyl (C=O) groups excluding carboxylic acids is 1. The quantitative estimate of drug-likeness (QED) is 0.866. The molecule has 5 heteroatoms. The average molecular weight is 297 g/mol. The fourth-order valence-electron chi connectivity index (χ4n) is 2.10. The Balaban J connectivity index is 0.00000200. The first-order valence-corrected chi connectivity index (χ1v) is 6.64. The second-order valence-corrected chi connectivity index (χ2v) is 4.67. The number of halogens is 1. The number of hydrogen-bond acceptors (Lipinski definition) is 3. The van der Waals surface area contributed by atoms with E-state index in [1.807, 2.05) is 37.3 Å². The summed E-state index contributed by atoms with van der Waals surface area (Å²) in [4.78, 5) is 13.7. The molecule has 2 N–H and O–H groups in total. The number of hydrogen-bond donors (Lipinski definition) is 1. The lowest BCUT2D eigenvalue weighted by Gasteiger charge is -2.12. The molecular formula is C15H21ClN2O2. The van der Waals surface area contributed by atoms with Gasteiger partial charge in [0, 0.05) is 25.2 Å². The van der Waals surface area contributed by atoms with Crippen molar-refractivity contribution in [2.24, 2.45) is 5.73 Å². The monoisotopic (exact) mass is 296 g/mol. The summed E-state index contributed by atoms with van der Waals surface area (Å²) in [7, 11) is 0. The second kappa shape index (κ2) is 7.92. The zero-order valence-corrected chi connectivity index (χ0v) is 12.4. The zero-order chi connectivity index (χ0) is 13.7. The molecule has 1 aliphatic rings. The topological polar surface area (TPSA) is 55.6 Å². The molecule has 4 nitrogen and oxygen atoms in total. The van der Waals surface area contributed by atoms with Gasteiger partial charge in [-0.05, 0) is 37.1 Å². The Morgan fingerprint density at radius 3 is 2.70 bits per heavy atom. The van der Waals surface area contributed by atoms with Crippen LogP contribution in [0.5, 0.6) is 5.75 Å². The number of ether oxygens (including phenoxy) is 1. The van der Waals surface area contributed by atoms with Gasteiger partial charge in [-0.3, -0.25) is 4.79 Å². The number of nitrogens with two attached hydrogens (primary N) is 1. The molecule has 0 bridgehead atoms. The Morgan fingerprint density at radius 2 is 2.15 bits per heavy atom. The Bertz CT molecular complexity index is 459. The van der Waals surface area contributed by atoms with Gasteiger partial charge in [-0.25, -0.2) is 0 Å². The predicted octanol–water partition coefficient (Wildman–Crippen LogP) is 2.08. The van der Waals surface area contributed by atoms with Crippen LogP contribution in [-0.2, 0) is 4.79 Å². The molecule has 1 fully saturated rings. The number of amides is 1. The van der Waals surface area contributed by atoms with Crippen LogP contribution in [0.3, 0.4) is 0 Å². The van der Waals surface area contributed by atoms with Crippen molar-refractivity contribution in [3.8, 4) is 5.75 Å². The summed E-state index contributed by atoms with van der Waals surface area (Å²) in [5.74, 6) is 0.873. The highest BCUT2D eigenvalue weighted by Crippen LogP contribution is 2.14. The van der Waals surface area contributed by atoms with Crippen LogP contribution in [0.2, 0.25) is 0 Å². The third-order valence-electron chi connectivity index (χ3n) is 3.15. The van der Waals surface area contributed by atoms with Crippen molar-refractivity contribution in [2.45, 2.75) is 19.4 Å². The van der Waals surface area contributed by atoms with Crippen LogP contribution < -0.4 is 10.5 Å². The molecule has 0 saturated carbocycles. The molecule has 0 aliphatic carbocycles. The minimum atomic E-state index is 0. The van der Waals surface area contributed by atoms with Crippen molar-refractivity contribution in [3.05, 3.63) is 35.9 Å². The van der Waals surface area contributed by atoms with E-state index in [4.69, 9.17) is 10.5 Å². The van der Waals surface area contributed by atoms with Gasteiger partial charge in [-0.2, -0.15) is 0 Å². The van der Waals surface area contributed by atoms with E-state index in [1.54, 1.807) is 11.0 Å². The molecule has 1 heterocycles. The predicted molar refractivity (Wildman–Crippen MR) is 83.1 cm³/mol. The molecule has 1 unspecified atom stereocenters. The lowest BCUT2D eigenvalue weighted by atomic mass is 10.2. The van der Waals surface area contributed by atoms with E-state index in [0.29, 0.717) is 13.2 Å². The van der Waals surface area contributed by atoms with Crippen molar-refractivity contribution in [1.29, 1.82) is 0 Å². The van der Waals surface area contributed by atoms with Gasteiger partial charge in [0.1, 0.15) is 5.75 Å². The van der Waals surface area contributed by atoms with Crippen molar-refractivity contribution in [3.63, 3.8) is 0 Å². The molecule has 2 rings (SSSR count). The molecule has 1 aromatic carbocycles. The summed E-state index contributed by atoms with van der Waals surface area (Å²) >= 11 is 0. The van der Waals surface area contributed by atoms with Gasteiger partial charge in [-0.1, -0.05) is 12.1 Å². The molecule has 20 heavy (non-hydrogen) atoms. The van der Waals surface area contributed by atoms with Crippen LogP contribution in [-0.4, -0.2) is 36.5 Å². The summed E-state index contributed by atoms with van der Waals surface area (Å²) < 4.78 is 5.37. The Hall–Kier alpha value is -1.52. The van der Waals surface area contributed by atoms with E-state index in [0.717, 1.165) is 24.3 Å². The van der Waals surface area contributed by atoms with Crippen molar-refractivity contribution < 1.29 is 9.53 Å². The molecule has 0 aromatic heterocycles. The first-order chi connectivity index (χ1) is 9.19. The van der Waals surface area contributed by atoms with Crippen LogP contribution in [0, 0.1) is 0 Å². The SMILES string of the molecule is CCOc1ccc(/C=C/C(=O)N2CCC(N)C2)cc1.Cl. The molecule has 1 aliphatic heterocycles. The largest absolute Gasteiger partial charge is 0.494 e. The Labute approximate surface area is 126 Å². The number of carbonyl (C=O) groups is 1. The summed E-state index contributed by atoms with van der Waals surface area (Å²) in [6.45, 7) is 4.02. The maximum absolute atomic E-state index is 11.9. The molecule has 1 aromatic rings. The highest BCUT2D eigenvalue weighted by atomic mass is 35.5. The second-order valence-electron chi connectivity index (χ2n) is 4.67. The van der Waals surface area contributed by atoms with E-state index < -0.39 is 0 Å². The van der Waals surface area contributed by atoms with Crippen molar-refractivity contribution in [1.82, 2.24) is 4.90 Å². The molecule has 1 amide bonds. The summed E-state index contributed by atoms with van der Waals surface area (Å²) in [6.07, 6.45) is 4.32. The lowest BCUT2D eigenvalue weighted by molar-refractivity contribution is -0.124. The Morgan fingerprint density at radius 1 is 1.45 bits per heavy atom. The number of benzene rings is 1. The van der Waals surface area contributed by atoms with Gasteiger partial charge in [0.15, 0.2) is 0 Å². The zero-order valence-electron chi connectivity index (χ0n) is 11.6. The molecule has 0 radical (unpaired) electrons. The average Bonchev–Trinajstić information content (AvgIpc) is 2.85. The van der Waals surface area contributed by atoms with E-state index in [9.17, 15) is 4.79 Å². The highest BCUT2D eigenvalue weighted by molar-refractivity contribution is 5.92. The minimum absolute atomic E-state index is 0. The molecule has 1 saturated heterocycles. The number of nitrogens with zero attached hydrogens (tertiary/aromatic N) is 1. The van der Waals surface area contributed by atoms with Crippen LogP contribution in [0.25, 0.3) is 6.08 Å². The van der Waals surface area contributed by atoms with Crippen molar-refractivity contribution in [2.75, 3.05) is 19.7 Å². The number of likely N-dealkylation sites (tertiary alicyclic amines) is 1. The van der Waals surface area contributed by atoms with E-state index >= 15 is 0 Å². The first kappa shape index (κ1) is 16.5. The van der Waals surface area contributed by atoms with E-state index in [-0.39, 0.29) is 24.4 Å². The summed E-state index contributed by atoms with van der Waals surface area (Å²) in [5, 5.41) is 0. The number of rotatable bonds is 4. The smallest absolute Gasteiger partial charge is 0.246 e. The van der Waals surface area contributed by atoms with E-state index in [2.05, 4.69) is 0 Å². The van der Waals surface area contributed by atoms with Crippen LogP contribution >= 0.6 is 12.4 Å². The maximum Gasteiger partial charge on any atom is 0.246 e. The van der Waals surface area contributed by atoms with Gasteiger partial charge in [0.2, 0.25) is 5.91 Å². The maximum atomic E-state index is 11.9. The van der Waals surface area contributed by atoms with Gasteiger partial charge in [0.05, 0.1) is 6.61 Å². The Kier molecular flexibility index (Phi) is 6.55. The molecule has 1 atom stereocenters. The fraction of sp³-hybridized carbons (Fsp3) is 0.400. The van der Waals surface area contributed by atoms with Crippen molar-refractivity contribution >= 4 is 24.4 Å². The van der Waals surface area contributed by atoms with Gasteiger partial charge < -0.3 is 15.4 Å². The minimum Gasteiger partial charge on any atom is -0.494 e. The third-order valence-corrected chi connectivity index (χ3v) is 3.15. The lowest BCUT2D eigenvalue weighted by Crippen LogP contribution is -2.30. The van der Waals surface area contributed by atoms with Crippen LogP contribution in [0.1, 0.15) is 18.9 Å². The van der Waals surface area contributed by atoms with Crippen LogP contribution in [0.4, 0.5) is 0 Å². The van der Waals surface area contributed by atoms with E-state index in [1.165, 1.54) is 0 Å². The fourth-order valence-corrected chi connectivity index (χ4v) is 2.10. The third kappa shape index (κ3) is 4.54. The highest BCUT2D eigenvalue weighted by Gasteiger charge is 2.21. The van der Waals surface area contributed by atoms with Gasteiger partial charge >= 0.3 is 0 Å². The normalized spacial score (nSPS) is 18.1. The molecule has 110 valence electrons. The molecular weight excluding hydrogens is 276 g/mol.